The van der Waals surface area contributed by atoms with E-state index in [1.165, 1.54) is 16.7 Å². The highest BCUT2D eigenvalue weighted by molar-refractivity contribution is 5.90. The average molecular weight is 423 g/mol. The Morgan fingerprint density at radius 2 is 1.62 bits per heavy atom. The number of carbonyl (C=O) groups is 1. The Bertz CT molecular complexity index is 1200. The highest BCUT2D eigenvalue weighted by Crippen LogP contribution is 2.29. The Kier molecular flexibility index (Phi) is 5.79. The Morgan fingerprint density at radius 1 is 0.906 bits per heavy atom. The number of hydrogen-bond acceptors (Lipinski definition) is 3. The van der Waals surface area contributed by atoms with Gasteiger partial charge in [0.2, 0.25) is 5.82 Å². The molecular weight excluding hydrogens is 396 g/mol. The van der Waals surface area contributed by atoms with Crippen molar-refractivity contribution in [3.05, 3.63) is 113 Å². The maximum atomic E-state index is 13.1. The van der Waals surface area contributed by atoms with Crippen LogP contribution in [0.2, 0.25) is 0 Å². The summed E-state index contributed by atoms with van der Waals surface area (Å²) >= 11 is 0. The predicted molar refractivity (Wildman–Crippen MR) is 125 cm³/mol. The molecule has 0 saturated heterocycles. The van der Waals surface area contributed by atoms with Crippen molar-refractivity contribution < 1.29 is 4.79 Å². The molecule has 5 nitrogen and oxygen atoms in total. The summed E-state index contributed by atoms with van der Waals surface area (Å²) in [6.45, 7) is 0. The molecular formula is C27H26N4O. The quantitative estimate of drug-likeness (QED) is 0.483. The first-order chi connectivity index (χ1) is 15.8. The van der Waals surface area contributed by atoms with Gasteiger partial charge in [0.25, 0.3) is 5.91 Å². The molecule has 1 amide bonds. The predicted octanol–water partition coefficient (Wildman–Crippen LogP) is 4.86. The zero-order valence-corrected chi connectivity index (χ0v) is 17.9. The molecule has 3 aromatic carbocycles. The van der Waals surface area contributed by atoms with Crippen molar-refractivity contribution in [2.45, 2.75) is 38.1 Å². The minimum atomic E-state index is -0.220. The Labute approximate surface area is 188 Å². The molecule has 160 valence electrons. The van der Waals surface area contributed by atoms with E-state index in [0.29, 0.717) is 6.42 Å². The second-order valence-corrected chi connectivity index (χ2v) is 8.20. The molecule has 0 saturated carbocycles. The van der Waals surface area contributed by atoms with Gasteiger partial charge in [0.05, 0.1) is 11.7 Å². The summed E-state index contributed by atoms with van der Waals surface area (Å²) in [4.78, 5) is 17.8. The lowest BCUT2D eigenvalue weighted by molar-refractivity contribution is 0.0922. The largest absolute Gasteiger partial charge is 0.342 e. The number of fused-ring (bicyclic) bond motifs is 1. The number of nitrogens with zero attached hydrogens (tertiary/aromatic N) is 3. The third-order valence-corrected chi connectivity index (χ3v) is 6.03. The van der Waals surface area contributed by atoms with Crippen molar-refractivity contribution in [1.82, 2.24) is 20.1 Å². The fraction of sp³-hybridized carbons (Fsp3) is 0.222. The summed E-state index contributed by atoms with van der Waals surface area (Å²) in [6.07, 6.45) is 4.60. The summed E-state index contributed by atoms with van der Waals surface area (Å²) < 4.78 is 1.80. The van der Waals surface area contributed by atoms with E-state index >= 15 is 0 Å². The van der Waals surface area contributed by atoms with E-state index in [1.54, 1.807) is 4.68 Å². The lowest BCUT2D eigenvalue weighted by Gasteiger charge is -2.25. The van der Waals surface area contributed by atoms with Crippen LogP contribution in [-0.2, 0) is 19.3 Å². The number of nitrogens with one attached hydrogen (secondary N) is 1. The molecule has 1 aliphatic carbocycles. The number of para-hydroxylation sites is 1. The van der Waals surface area contributed by atoms with Crippen LogP contribution in [0.1, 0.15) is 52.0 Å². The molecule has 1 heterocycles. The van der Waals surface area contributed by atoms with Crippen LogP contribution in [0.15, 0.2) is 84.9 Å². The second-order valence-electron chi connectivity index (χ2n) is 8.20. The third kappa shape index (κ3) is 4.33. The van der Waals surface area contributed by atoms with Gasteiger partial charge in [-0.1, -0.05) is 72.8 Å². The molecule has 1 atom stereocenters. The Balaban J connectivity index is 1.40. The maximum Gasteiger partial charge on any atom is 0.291 e. The van der Waals surface area contributed by atoms with Crippen molar-refractivity contribution in [3.8, 4) is 5.69 Å². The standard InChI is InChI=1S/C27H26N4O/c32-27(28-24-17-9-13-21-12-7-8-16-23(21)24)26-29-25(19-18-20-10-3-1-4-11-20)31(30-26)22-14-5-2-6-15-22/h1-8,10-12,14-16,24H,9,13,17-19H2,(H,28,32). The highest BCUT2D eigenvalue weighted by atomic mass is 16.2. The maximum absolute atomic E-state index is 13.1. The molecule has 1 unspecified atom stereocenters. The van der Waals surface area contributed by atoms with Crippen LogP contribution in [-0.4, -0.2) is 20.7 Å². The molecule has 1 aliphatic rings. The van der Waals surface area contributed by atoms with Gasteiger partial charge in [-0.05, 0) is 54.5 Å². The highest BCUT2D eigenvalue weighted by Gasteiger charge is 2.24. The molecule has 32 heavy (non-hydrogen) atoms. The number of hydrogen-bond donors (Lipinski definition) is 1. The number of aromatic nitrogens is 3. The molecule has 1 N–H and O–H groups in total. The van der Waals surface area contributed by atoms with Crippen LogP contribution >= 0.6 is 0 Å². The summed E-state index contributed by atoms with van der Waals surface area (Å²) in [5.41, 5.74) is 4.67. The molecule has 0 aliphatic heterocycles. The Morgan fingerprint density at radius 3 is 2.44 bits per heavy atom. The van der Waals surface area contributed by atoms with E-state index in [1.807, 2.05) is 54.6 Å². The minimum absolute atomic E-state index is 0.00361. The molecule has 0 fully saturated rings. The molecule has 0 spiro atoms. The molecule has 1 aromatic heterocycles. The van der Waals surface area contributed by atoms with Gasteiger partial charge in [0.1, 0.15) is 5.82 Å². The number of amides is 1. The average Bonchev–Trinajstić information content (AvgIpc) is 3.29. The van der Waals surface area contributed by atoms with Crippen molar-refractivity contribution in [1.29, 1.82) is 0 Å². The SMILES string of the molecule is O=C(NC1CCCc2ccccc21)c1nc(CCc2ccccc2)n(-c2ccccc2)n1. The smallest absolute Gasteiger partial charge is 0.291 e. The first-order valence-corrected chi connectivity index (χ1v) is 11.2. The van der Waals surface area contributed by atoms with E-state index < -0.39 is 0 Å². The Hall–Kier alpha value is -3.73. The van der Waals surface area contributed by atoms with Crippen molar-refractivity contribution in [2.24, 2.45) is 0 Å². The van der Waals surface area contributed by atoms with E-state index in [0.717, 1.165) is 37.2 Å². The number of rotatable bonds is 6. The van der Waals surface area contributed by atoms with Gasteiger partial charge in [-0.15, -0.1) is 5.10 Å². The molecule has 5 heteroatoms. The van der Waals surface area contributed by atoms with Crippen molar-refractivity contribution in [3.63, 3.8) is 0 Å². The van der Waals surface area contributed by atoms with Crippen molar-refractivity contribution in [2.75, 3.05) is 0 Å². The normalized spacial score (nSPS) is 15.2. The fourth-order valence-corrected chi connectivity index (χ4v) is 4.41. The van der Waals surface area contributed by atoms with E-state index in [4.69, 9.17) is 0 Å². The summed E-state index contributed by atoms with van der Waals surface area (Å²) in [7, 11) is 0. The van der Waals surface area contributed by atoms with Crippen LogP contribution < -0.4 is 5.32 Å². The van der Waals surface area contributed by atoms with Gasteiger partial charge in [-0.2, -0.15) is 0 Å². The van der Waals surface area contributed by atoms with Crippen LogP contribution in [0, 0.1) is 0 Å². The molecule has 4 aromatic rings. The van der Waals surface area contributed by atoms with Crippen LogP contribution in [0.4, 0.5) is 0 Å². The minimum Gasteiger partial charge on any atom is -0.342 e. The second kappa shape index (κ2) is 9.18. The van der Waals surface area contributed by atoms with Crippen LogP contribution in [0.5, 0.6) is 0 Å². The monoisotopic (exact) mass is 422 g/mol. The lowest BCUT2D eigenvalue weighted by atomic mass is 9.88. The van der Waals surface area contributed by atoms with Gasteiger partial charge < -0.3 is 5.32 Å². The summed E-state index contributed by atoms with van der Waals surface area (Å²) in [5.74, 6) is 0.788. The van der Waals surface area contributed by atoms with Crippen molar-refractivity contribution >= 4 is 5.91 Å². The number of carbonyl (C=O) groups excluding carboxylic acids is 1. The van der Waals surface area contributed by atoms with E-state index in [9.17, 15) is 4.79 Å². The van der Waals surface area contributed by atoms with Gasteiger partial charge in [0, 0.05) is 6.42 Å². The van der Waals surface area contributed by atoms with Crippen LogP contribution in [0.3, 0.4) is 0 Å². The third-order valence-electron chi connectivity index (χ3n) is 6.03. The summed E-state index contributed by atoms with van der Waals surface area (Å²) in [5, 5.41) is 7.79. The van der Waals surface area contributed by atoms with E-state index in [2.05, 4.69) is 45.7 Å². The zero-order valence-electron chi connectivity index (χ0n) is 17.9. The van der Waals surface area contributed by atoms with Gasteiger partial charge in [-0.25, -0.2) is 9.67 Å². The first-order valence-electron chi connectivity index (χ1n) is 11.2. The van der Waals surface area contributed by atoms with Gasteiger partial charge in [0.15, 0.2) is 0 Å². The van der Waals surface area contributed by atoms with Gasteiger partial charge >= 0.3 is 0 Å². The zero-order chi connectivity index (χ0) is 21.8. The molecule has 0 bridgehead atoms. The number of aryl methyl sites for hydroxylation is 3. The molecule has 5 rings (SSSR count). The van der Waals surface area contributed by atoms with Gasteiger partial charge in [-0.3, -0.25) is 4.79 Å². The molecule has 0 radical (unpaired) electrons. The first kappa shape index (κ1) is 20.2. The number of benzene rings is 3. The lowest BCUT2D eigenvalue weighted by Crippen LogP contribution is -2.31. The topological polar surface area (TPSA) is 59.8 Å². The van der Waals surface area contributed by atoms with Crippen LogP contribution in [0.25, 0.3) is 5.69 Å². The summed E-state index contributed by atoms with van der Waals surface area (Å²) in [6, 6.07) is 28.6. The van der Waals surface area contributed by atoms with E-state index in [-0.39, 0.29) is 17.8 Å². The fourth-order valence-electron chi connectivity index (χ4n) is 4.41.